The molecule has 0 bridgehead atoms. The Kier molecular flexibility index (Phi) is 10.9. The van der Waals surface area contributed by atoms with E-state index in [1.54, 1.807) is 30.3 Å². The van der Waals surface area contributed by atoms with Gasteiger partial charge in [0.2, 0.25) is 0 Å². The first kappa shape index (κ1) is 29.2. The molecule has 1 heterocycles. The second kappa shape index (κ2) is 11.2. The van der Waals surface area contributed by atoms with Crippen LogP contribution in [0, 0.1) is 0 Å². The van der Waals surface area contributed by atoms with Crippen molar-refractivity contribution in [1.82, 2.24) is 0 Å². The quantitative estimate of drug-likeness (QED) is 0.256. The van der Waals surface area contributed by atoms with Crippen LogP contribution in [0.1, 0.15) is 0 Å². The van der Waals surface area contributed by atoms with Crippen LogP contribution in [-0.2, 0) is 10.1 Å². The van der Waals surface area contributed by atoms with Crippen molar-refractivity contribution in [1.29, 1.82) is 0 Å². The summed E-state index contributed by atoms with van der Waals surface area (Å²) in [6.07, 6.45) is 0. The van der Waals surface area contributed by atoms with Crippen molar-refractivity contribution >= 4 is 90.7 Å². The Bertz CT molecular complexity index is 1300. The van der Waals surface area contributed by atoms with E-state index < -0.39 is 10.1 Å². The monoisotopic (exact) mass is 468 g/mol. The van der Waals surface area contributed by atoms with Gasteiger partial charge in [-0.1, -0.05) is 18.2 Å². The summed E-state index contributed by atoms with van der Waals surface area (Å²) in [7, 11) is -4.44. The van der Waals surface area contributed by atoms with Crippen LogP contribution in [0.4, 0.5) is 0 Å². The molecule has 0 saturated heterocycles. The SMILES string of the molecule is O.O.O=c1ccc2c(-c3ccccc3S(=O)(=O)O)c3ccc(O)cc3sc-2c1.[NaH].[NaH]. The van der Waals surface area contributed by atoms with Gasteiger partial charge in [0.15, 0.2) is 5.43 Å². The Balaban J connectivity index is 0.00000210. The van der Waals surface area contributed by atoms with Crippen molar-refractivity contribution < 1.29 is 29.0 Å². The van der Waals surface area contributed by atoms with Crippen molar-refractivity contribution in [2.75, 3.05) is 0 Å². The number of fused-ring (bicyclic) bond motifs is 2. The first-order valence-electron chi connectivity index (χ1n) is 7.61. The van der Waals surface area contributed by atoms with E-state index in [4.69, 9.17) is 0 Å². The van der Waals surface area contributed by atoms with Gasteiger partial charge >= 0.3 is 59.1 Å². The van der Waals surface area contributed by atoms with E-state index in [9.17, 15) is 22.9 Å². The second-order valence-corrected chi connectivity index (χ2v) is 8.26. The molecule has 0 saturated carbocycles. The Morgan fingerprint density at radius 2 is 1.50 bits per heavy atom. The van der Waals surface area contributed by atoms with Gasteiger partial charge in [0, 0.05) is 37.7 Å². The van der Waals surface area contributed by atoms with Gasteiger partial charge in [0.25, 0.3) is 10.1 Å². The summed E-state index contributed by atoms with van der Waals surface area (Å²) in [5.41, 5.74) is 1.45. The van der Waals surface area contributed by atoms with Crippen molar-refractivity contribution in [2.45, 2.75) is 4.90 Å². The molecule has 11 heteroatoms. The van der Waals surface area contributed by atoms with Crippen LogP contribution in [0.15, 0.2) is 70.4 Å². The van der Waals surface area contributed by atoms with Crippen LogP contribution in [0.3, 0.4) is 0 Å². The molecule has 0 spiro atoms. The van der Waals surface area contributed by atoms with Gasteiger partial charge in [0.1, 0.15) is 10.6 Å². The molecule has 1 aliphatic heterocycles. The third-order valence-corrected chi connectivity index (χ3v) is 6.14. The van der Waals surface area contributed by atoms with Gasteiger partial charge in [-0.15, -0.1) is 11.3 Å². The number of hydrogen-bond acceptors (Lipinski definition) is 5. The maximum atomic E-state index is 11.9. The van der Waals surface area contributed by atoms with Crippen LogP contribution < -0.4 is 5.43 Å². The second-order valence-electron chi connectivity index (χ2n) is 5.79. The number of phenolic OH excluding ortho intramolecular Hbond substituents is 1. The van der Waals surface area contributed by atoms with E-state index in [1.165, 1.54) is 41.7 Å². The third kappa shape index (κ3) is 5.50. The van der Waals surface area contributed by atoms with Crippen LogP contribution in [0.5, 0.6) is 5.75 Å². The van der Waals surface area contributed by atoms with E-state index in [1.807, 2.05) is 0 Å². The fourth-order valence-corrected chi connectivity index (χ4v) is 4.90. The molecule has 7 nitrogen and oxygen atoms in total. The summed E-state index contributed by atoms with van der Waals surface area (Å²) in [4.78, 5) is 12.2. The van der Waals surface area contributed by atoms with Crippen molar-refractivity contribution in [2.24, 2.45) is 0 Å². The Morgan fingerprint density at radius 3 is 2.17 bits per heavy atom. The zero-order chi connectivity index (χ0) is 18.5. The van der Waals surface area contributed by atoms with E-state index in [-0.39, 0.29) is 86.1 Å². The normalized spacial score (nSPS) is 10.3. The summed E-state index contributed by atoms with van der Waals surface area (Å²) in [6, 6.07) is 15.5. The summed E-state index contributed by atoms with van der Waals surface area (Å²) in [5, 5.41) is 10.5. The molecule has 4 rings (SSSR count). The Morgan fingerprint density at radius 1 is 0.833 bits per heavy atom. The fraction of sp³-hybridized carbons (Fsp3) is 0. The Labute approximate surface area is 220 Å². The zero-order valence-electron chi connectivity index (χ0n) is 14.2. The van der Waals surface area contributed by atoms with Crippen LogP contribution in [0.2, 0.25) is 0 Å². The standard InChI is InChI=1S/C19H12O5S2.2Na.2H2O.2H/c20-11-5-7-13-16(9-11)25-17-10-12(21)6-8-14(17)19(13)15-3-1-2-4-18(15)26(22,23)24;;;;;;/h1-10,20H,(H,22,23,24);;;2*1H2;;. The molecule has 0 aromatic heterocycles. The predicted octanol–water partition coefficient (Wildman–Crippen LogP) is 1.04. The number of aromatic hydroxyl groups is 1. The van der Waals surface area contributed by atoms with Crippen LogP contribution in [0.25, 0.3) is 31.7 Å². The maximum absolute atomic E-state index is 11.9. The van der Waals surface area contributed by atoms with E-state index >= 15 is 0 Å². The molecule has 0 unspecified atom stereocenters. The first-order valence-corrected chi connectivity index (χ1v) is 9.87. The Hall–Kier alpha value is -0.820. The molecule has 6 N–H and O–H groups in total. The molecule has 0 amide bonds. The molecule has 2 aromatic carbocycles. The third-order valence-electron chi connectivity index (χ3n) is 4.11. The number of rotatable bonds is 2. The molecule has 1 aliphatic carbocycles. The van der Waals surface area contributed by atoms with E-state index in [0.29, 0.717) is 26.3 Å². The number of benzene rings is 3. The number of phenols is 1. The molecule has 30 heavy (non-hydrogen) atoms. The van der Waals surface area contributed by atoms with Gasteiger partial charge in [-0.25, -0.2) is 0 Å². The average Bonchev–Trinajstić information content (AvgIpc) is 2.58. The molecule has 0 atom stereocenters. The van der Waals surface area contributed by atoms with Crippen LogP contribution in [-0.4, -0.2) is 88.1 Å². The van der Waals surface area contributed by atoms with Gasteiger partial charge in [-0.3, -0.25) is 9.35 Å². The molecule has 150 valence electrons. The zero-order valence-corrected chi connectivity index (χ0v) is 15.8. The first-order chi connectivity index (χ1) is 12.3. The molecule has 0 radical (unpaired) electrons. The molecule has 2 aliphatic rings. The topological polar surface area (TPSA) is 155 Å². The summed E-state index contributed by atoms with van der Waals surface area (Å²) >= 11 is 1.33. The molecular formula is C19H18Na2O7S2. The molecule has 0 fully saturated rings. The van der Waals surface area contributed by atoms with Crippen molar-refractivity contribution in [3.63, 3.8) is 0 Å². The molecule has 2 aromatic rings. The van der Waals surface area contributed by atoms with Gasteiger partial charge in [-0.2, -0.15) is 8.42 Å². The van der Waals surface area contributed by atoms with Crippen LogP contribution >= 0.6 is 11.3 Å². The fourth-order valence-electron chi connectivity index (χ4n) is 3.05. The number of hydrogen-bond donors (Lipinski definition) is 2. The average molecular weight is 468 g/mol. The minimum absolute atomic E-state index is 0. The van der Waals surface area contributed by atoms with Gasteiger partial charge < -0.3 is 16.1 Å². The summed E-state index contributed by atoms with van der Waals surface area (Å²) < 4.78 is 34.1. The summed E-state index contributed by atoms with van der Waals surface area (Å²) in [6.45, 7) is 0. The van der Waals surface area contributed by atoms with E-state index in [2.05, 4.69) is 0 Å². The minimum atomic E-state index is -4.44. The predicted molar refractivity (Wildman–Crippen MR) is 123 cm³/mol. The van der Waals surface area contributed by atoms with E-state index in [0.717, 1.165) is 5.39 Å². The molecular weight excluding hydrogens is 450 g/mol. The van der Waals surface area contributed by atoms with Crippen molar-refractivity contribution in [3.05, 3.63) is 70.9 Å². The van der Waals surface area contributed by atoms with Crippen molar-refractivity contribution in [3.8, 4) is 27.3 Å². The summed E-state index contributed by atoms with van der Waals surface area (Å²) in [5.74, 6) is 0.0698. The van der Waals surface area contributed by atoms with Gasteiger partial charge in [0.05, 0.1) is 0 Å². The van der Waals surface area contributed by atoms with Gasteiger partial charge in [-0.05, 0) is 36.4 Å².